The van der Waals surface area contributed by atoms with Crippen molar-refractivity contribution in [1.82, 2.24) is 14.9 Å². The molecule has 0 unspecified atom stereocenters. The molecule has 0 saturated heterocycles. The molecule has 4 rings (SSSR count). The third-order valence-electron chi connectivity index (χ3n) is 6.52. The van der Waals surface area contributed by atoms with Gasteiger partial charge in [-0.2, -0.15) is 0 Å². The highest BCUT2D eigenvalue weighted by Crippen LogP contribution is 2.28. The van der Waals surface area contributed by atoms with Crippen LogP contribution in [-0.2, 0) is 28.8 Å². The van der Waals surface area contributed by atoms with E-state index in [2.05, 4.69) is 41.7 Å². The summed E-state index contributed by atoms with van der Waals surface area (Å²) in [6.07, 6.45) is 2.58. The lowest BCUT2D eigenvalue weighted by atomic mass is 9.87. The van der Waals surface area contributed by atoms with E-state index in [1.807, 2.05) is 12.1 Å². The van der Waals surface area contributed by atoms with E-state index >= 15 is 4.39 Å². The highest BCUT2D eigenvalue weighted by molar-refractivity contribution is 7.90. The quantitative estimate of drug-likeness (QED) is 0.251. The normalized spacial score (nSPS) is 11.8. The molecule has 1 amide bonds. The van der Waals surface area contributed by atoms with Gasteiger partial charge in [0.2, 0.25) is 0 Å². The minimum Gasteiger partial charge on any atom is -0.336 e. The molecule has 0 radical (unpaired) electrons. The van der Waals surface area contributed by atoms with Gasteiger partial charge in [-0.1, -0.05) is 51.1 Å². The zero-order chi connectivity index (χ0) is 30.7. The number of amides is 1. The number of rotatable bonds is 9. The van der Waals surface area contributed by atoms with Crippen molar-refractivity contribution in [2.75, 3.05) is 22.8 Å². The van der Waals surface area contributed by atoms with Gasteiger partial charge < -0.3 is 15.2 Å². The van der Waals surface area contributed by atoms with Crippen molar-refractivity contribution in [1.29, 1.82) is 0 Å². The minimum atomic E-state index is -3.13. The number of carbonyl (C=O) groups excluding carboxylic acids is 1. The molecule has 0 saturated carbocycles. The van der Waals surface area contributed by atoms with Gasteiger partial charge in [-0.05, 0) is 52.9 Å². The van der Waals surface area contributed by atoms with E-state index in [1.54, 1.807) is 49.5 Å². The summed E-state index contributed by atoms with van der Waals surface area (Å²) in [5, 5.41) is 8.47. The van der Waals surface area contributed by atoms with Crippen LogP contribution in [0, 0.1) is 5.82 Å². The molecule has 0 atom stereocenters. The third-order valence-corrected chi connectivity index (χ3v) is 7.25. The van der Waals surface area contributed by atoms with E-state index < -0.39 is 27.1 Å². The van der Waals surface area contributed by atoms with Crippen molar-refractivity contribution in [2.24, 2.45) is 7.05 Å². The van der Waals surface area contributed by atoms with Crippen LogP contribution in [0.3, 0.4) is 0 Å². The maximum atomic E-state index is 15.7. The van der Waals surface area contributed by atoms with Crippen molar-refractivity contribution in [3.8, 4) is 11.3 Å². The number of nitrogens with zero attached hydrogens (tertiary/aromatic N) is 2. The molecule has 0 aliphatic carbocycles. The Morgan fingerprint density at radius 1 is 1.00 bits per heavy atom. The largest absolute Gasteiger partial charge is 0.336 e. The fourth-order valence-electron chi connectivity index (χ4n) is 4.18. The molecule has 42 heavy (non-hydrogen) atoms. The number of anilines is 3. The highest BCUT2D eigenvalue weighted by Gasteiger charge is 2.18. The van der Waals surface area contributed by atoms with Gasteiger partial charge >= 0.3 is 0 Å². The summed E-state index contributed by atoms with van der Waals surface area (Å²) in [6, 6.07) is 18.8. The van der Waals surface area contributed by atoms with Crippen LogP contribution >= 0.6 is 0 Å². The summed E-state index contributed by atoms with van der Waals surface area (Å²) in [4.78, 5) is 30.1. The Morgan fingerprint density at radius 2 is 1.67 bits per heavy atom. The predicted molar refractivity (Wildman–Crippen MR) is 164 cm³/mol. The molecule has 0 aliphatic rings. The third kappa shape index (κ3) is 7.68. The molecule has 0 fully saturated rings. The molecule has 11 heteroatoms. The fraction of sp³-hybridized carbons (Fsp3) is 0.258. The number of aryl methyl sites for hydroxylation is 1. The molecule has 0 aliphatic heterocycles. The lowest BCUT2D eigenvalue weighted by molar-refractivity contribution is 0.102. The average molecular weight is 592 g/mol. The van der Waals surface area contributed by atoms with Crippen LogP contribution < -0.4 is 21.5 Å². The molecule has 9 nitrogen and oxygen atoms in total. The number of benzene rings is 3. The van der Waals surface area contributed by atoms with Gasteiger partial charge in [0, 0.05) is 42.9 Å². The van der Waals surface area contributed by atoms with Gasteiger partial charge in [-0.25, -0.2) is 17.8 Å². The molecule has 0 bridgehead atoms. The molecular weight excluding hydrogens is 557 g/mol. The molecule has 4 aromatic rings. The molecule has 1 aromatic heterocycles. The number of carbonyl (C=O) groups is 1. The Labute approximate surface area is 244 Å². The molecular formula is C31H34FN5O4S. The molecule has 1 heterocycles. The summed E-state index contributed by atoms with van der Waals surface area (Å²) >= 11 is 0. The maximum absolute atomic E-state index is 15.7. The monoisotopic (exact) mass is 591 g/mol. The zero-order valence-corrected chi connectivity index (χ0v) is 25.0. The van der Waals surface area contributed by atoms with E-state index in [4.69, 9.17) is 0 Å². The summed E-state index contributed by atoms with van der Waals surface area (Å²) < 4.78 is 39.6. The topological polar surface area (TPSA) is 122 Å². The number of sulfone groups is 1. The minimum absolute atomic E-state index is 0.00859. The number of aromatic nitrogens is 2. The van der Waals surface area contributed by atoms with E-state index in [-0.39, 0.29) is 34.1 Å². The van der Waals surface area contributed by atoms with Crippen molar-refractivity contribution in [3.05, 3.63) is 106 Å². The summed E-state index contributed by atoms with van der Waals surface area (Å²) in [5.74, 6) is -1.27. The van der Waals surface area contributed by atoms with Crippen LogP contribution in [0.1, 0.15) is 42.3 Å². The van der Waals surface area contributed by atoms with Gasteiger partial charge in [0.25, 0.3) is 11.5 Å². The van der Waals surface area contributed by atoms with E-state index in [1.165, 1.54) is 22.9 Å². The van der Waals surface area contributed by atoms with Crippen LogP contribution in [-0.4, -0.2) is 36.0 Å². The Kier molecular flexibility index (Phi) is 8.93. The van der Waals surface area contributed by atoms with Crippen LogP contribution in [0.5, 0.6) is 0 Å². The van der Waals surface area contributed by atoms with Crippen molar-refractivity contribution < 1.29 is 17.6 Å². The summed E-state index contributed by atoms with van der Waals surface area (Å²) in [6.45, 7) is 6.60. The number of halogens is 1. The van der Waals surface area contributed by atoms with Crippen LogP contribution in [0.2, 0.25) is 0 Å². The predicted octanol–water partition coefficient (Wildman–Crippen LogP) is 4.97. The lowest BCUT2D eigenvalue weighted by Gasteiger charge is -2.19. The highest BCUT2D eigenvalue weighted by atomic mass is 32.2. The first-order chi connectivity index (χ1) is 19.7. The molecule has 3 aromatic carbocycles. The second-order valence-corrected chi connectivity index (χ2v) is 13.3. The zero-order valence-electron chi connectivity index (χ0n) is 24.2. The van der Waals surface area contributed by atoms with E-state index in [9.17, 15) is 18.0 Å². The Bertz CT molecular complexity index is 1760. The maximum Gasteiger partial charge on any atom is 0.293 e. The number of hydrogen-bond acceptors (Lipinski definition) is 7. The first-order valence-corrected chi connectivity index (χ1v) is 15.3. The van der Waals surface area contributed by atoms with Crippen molar-refractivity contribution >= 4 is 32.9 Å². The number of nitrogens with one attached hydrogen (secondary N) is 3. The van der Waals surface area contributed by atoms with Crippen LogP contribution in [0.4, 0.5) is 21.6 Å². The summed E-state index contributed by atoms with van der Waals surface area (Å²) in [7, 11) is -1.58. The molecule has 0 spiro atoms. The summed E-state index contributed by atoms with van der Waals surface area (Å²) in [5.41, 5.74) is 2.73. The SMILES string of the molecule is Cn1cc(-c2cccc(NC(=O)c3ccc(C(C)(C)C)cc3)c2F)nc(Nc2ccc(CNCS(C)(=O)=O)cc2)c1=O. The average Bonchev–Trinajstić information content (AvgIpc) is 2.92. The van der Waals surface area contributed by atoms with Crippen LogP contribution in [0.15, 0.2) is 77.7 Å². The second-order valence-electron chi connectivity index (χ2n) is 11.2. The lowest BCUT2D eigenvalue weighted by Crippen LogP contribution is -2.22. The van der Waals surface area contributed by atoms with Gasteiger partial charge in [-0.3, -0.25) is 14.9 Å². The first-order valence-electron chi connectivity index (χ1n) is 13.2. The molecule has 3 N–H and O–H groups in total. The first kappa shape index (κ1) is 30.6. The smallest absolute Gasteiger partial charge is 0.293 e. The number of hydrogen-bond donors (Lipinski definition) is 3. The Morgan fingerprint density at radius 3 is 2.29 bits per heavy atom. The van der Waals surface area contributed by atoms with Gasteiger partial charge in [-0.15, -0.1) is 0 Å². The fourth-order valence-corrected chi connectivity index (χ4v) is 4.66. The van der Waals surface area contributed by atoms with Crippen molar-refractivity contribution in [2.45, 2.75) is 32.7 Å². The molecule has 220 valence electrons. The van der Waals surface area contributed by atoms with Gasteiger partial charge in [0.15, 0.2) is 21.5 Å². The van der Waals surface area contributed by atoms with E-state index in [0.717, 1.165) is 17.4 Å². The van der Waals surface area contributed by atoms with E-state index in [0.29, 0.717) is 17.8 Å². The Hall–Kier alpha value is -4.35. The van der Waals surface area contributed by atoms with Crippen molar-refractivity contribution in [3.63, 3.8) is 0 Å². The Balaban J connectivity index is 1.54. The standard InChI is InChI=1S/C31H34FN5O4S/c1-31(2,3)22-13-11-21(12-14-22)29(38)36-25-8-6-7-24(27(25)32)26-18-37(4)30(39)28(35-26)34-23-15-9-20(10-16-23)17-33-19-42(5,40)41/h6-16,18,33H,17,19H2,1-5H3,(H,34,35)(H,36,38). The van der Waals surface area contributed by atoms with Crippen LogP contribution in [0.25, 0.3) is 11.3 Å². The van der Waals surface area contributed by atoms with Gasteiger partial charge in [0.05, 0.1) is 17.3 Å². The van der Waals surface area contributed by atoms with Gasteiger partial charge in [0.1, 0.15) is 0 Å². The second kappa shape index (κ2) is 12.3.